The molecule has 0 bridgehead atoms. The molecule has 0 spiro atoms. The summed E-state index contributed by atoms with van der Waals surface area (Å²) >= 11 is 0. The van der Waals surface area contributed by atoms with Gasteiger partial charge in [0.05, 0.1) is 5.69 Å². The molecule has 4 heterocycles. The number of nitrogens with one attached hydrogen (secondary N) is 1. The van der Waals surface area contributed by atoms with Crippen molar-refractivity contribution in [2.75, 3.05) is 44.2 Å². The number of piperazine rings is 1. The lowest BCUT2D eigenvalue weighted by atomic mass is 9.95. The Morgan fingerprint density at radius 1 is 1.00 bits per heavy atom. The van der Waals surface area contributed by atoms with Crippen LogP contribution in [-0.4, -0.2) is 75.3 Å². The molecule has 2 saturated heterocycles. The summed E-state index contributed by atoms with van der Waals surface area (Å²) < 4.78 is 0. The molecule has 26 heavy (non-hydrogen) atoms. The van der Waals surface area contributed by atoms with Gasteiger partial charge in [-0.1, -0.05) is 0 Å². The number of fused-ring (bicyclic) bond motifs is 1. The number of likely N-dealkylation sites (tertiary alicyclic amines) is 1. The van der Waals surface area contributed by atoms with E-state index in [0.717, 1.165) is 38.7 Å². The fourth-order valence-corrected chi connectivity index (χ4v) is 4.54. The molecule has 0 aromatic carbocycles. The van der Waals surface area contributed by atoms with E-state index in [1.807, 2.05) is 18.5 Å². The summed E-state index contributed by atoms with van der Waals surface area (Å²) in [5, 5.41) is 7.87. The predicted octanol–water partition coefficient (Wildman–Crippen LogP) is 1.08. The zero-order valence-corrected chi connectivity index (χ0v) is 15.3. The standard InChI is InChI=1S/C19H27N7/c1-2-5-17-16(4-1)18(23-22-17)14-24-12-15(13-24)25-8-10-26(11-9-25)19-20-6-3-7-21-19/h3,6-7,15H,1-2,4-5,8-14H2,(H,22,23). The number of H-pyrrole nitrogens is 1. The van der Waals surface area contributed by atoms with Gasteiger partial charge in [-0.2, -0.15) is 5.10 Å². The van der Waals surface area contributed by atoms with Gasteiger partial charge in [-0.15, -0.1) is 0 Å². The predicted molar refractivity (Wildman–Crippen MR) is 100 cm³/mol. The molecular weight excluding hydrogens is 326 g/mol. The van der Waals surface area contributed by atoms with E-state index < -0.39 is 0 Å². The van der Waals surface area contributed by atoms with Crippen molar-refractivity contribution in [3.8, 4) is 0 Å². The van der Waals surface area contributed by atoms with Crippen LogP contribution in [0.15, 0.2) is 18.5 Å². The van der Waals surface area contributed by atoms with E-state index in [4.69, 9.17) is 0 Å². The maximum Gasteiger partial charge on any atom is 0.225 e. The van der Waals surface area contributed by atoms with Crippen LogP contribution in [0.3, 0.4) is 0 Å². The van der Waals surface area contributed by atoms with E-state index in [1.54, 1.807) is 0 Å². The van der Waals surface area contributed by atoms with E-state index >= 15 is 0 Å². The van der Waals surface area contributed by atoms with Gasteiger partial charge in [-0.3, -0.25) is 14.9 Å². The lowest BCUT2D eigenvalue weighted by Gasteiger charge is -2.48. The van der Waals surface area contributed by atoms with Crippen LogP contribution < -0.4 is 4.90 Å². The second kappa shape index (κ2) is 6.96. The van der Waals surface area contributed by atoms with Crippen LogP contribution in [0.5, 0.6) is 0 Å². The first-order valence-electron chi connectivity index (χ1n) is 9.90. The number of aryl methyl sites for hydroxylation is 1. The molecule has 0 unspecified atom stereocenters. The smallest absolute Gasteiger partial charge is 0.225 e. The molecule has 7 nitrogen and oxygen atoms in total. The van der Waals surface area contributed by atoms with Crippen molar-refractivity contribution < 1.29 is 0 Å². The third-order valence-corrected chi connectivity index (χ3v) is 6.12. The molecule has 1 aliphatic carbocycles. The van der Waals surface area contributed by atoms with Crippen LogP contribution >= 0.6 is 0 Å². The van der Waals surface area contributed by atoms with Gasteiger partial charge in [0.15, 0.2) is 0 Å². The minimum atomic E-state index is 0.698. The summed E-state index contributed by atoms with van der Waals surface area (Å²) in [4.78, 5) is 16.2. The molecule has 1 N–H and O–H groups in total. The van der Waals surface area contributed by atoms with Gasteiger partial charge in [-0.05, 0) is 37.3 Å². The van der Waals surface area contributed by atoms with E-state index in [2.05, 4.69) is 34.9 Å². The van der Waals surface area contributed by atoms with Crippen molar-refractivity contribution in [2.24, 2.45) is 0 Å². The highest BCUT2D eigenvalue weighted by Gasteiger charge is 2.34. The Kier molecular flexibility index (Phi) is 4.34. The van der Waals surface area contributed by atoms with Crippen molar-refractivity contribution in [3.05, 3.63) is 35.4 Å². The molecule has 2 aromatic rings. The summed E-state index contributed by atoms with van der Waals surface area (Å²) in [5.74, 6) is 0.866. The van der Waals surface area contributed by atoms with Crippen LogP contribution in [0.25, 0.3) is 0 Å². The molecular formula is C19H27N7. The number of aromatic nitrogens is 4. The first-order chi connectivity index (χ1) is 12.9. The van der Waals surface area contributed by atoms with Crippen LogP contribution in [0.2, 0.25) is 0 Å². The second-order valence-corrected chi connectivity index (χ2v) is 7.75. The fourth-order valence-electron chi connectivity index (χ4n) is 4.54. The third kappa shape index (κ3) is 3.10. The van der Waals surface area contributed by atoms with Crippen molar-refractivity contribution in [1.29, 1.82) is 0 Å². The number of nitrogens with zero attached hydrogens (tertiary/aromatic N) is 6. The number of aromatic amines is 1. The molecule has 2 fully saturated rings. The number of hydrogen-bond donors (Lipinski definition) is 1. The quantitative estimate of drug-likeness (QED) is 0.888. The van der Waals surface area contributed by atoms with E-state index in [-0.39, 0.29) is 0 Å². The van der Waals surface area contributed by atoms with Gasteiger partial charge in [0, 0.05) is 69.9 Å². The maximum atomic E-state index is 4.60. The summed E-state index contributed by atoms with van der Waals surface area (Å²) in [6.45, 7) is 7.61. The SMILES string of the molecule is c1cnc(N2CCN(C3CN(Cc4n[nH]c5c4CCCC5)C3)CC2)nc1. The Labute approximate surface area is 154 Å². The minimum absolute atomic E-state index is 0.698. The Morgan fingerprint density at radius 2 is 1.77 bits per heavy atom. The van der Waals surface area contributed by atoms with Gasteiger partial charge in [0.25, 0.3) is 0 Å². The lowest BCUT2D eigenvalue weighted by Crippen LogP contribution is -2.62. The zero-order valence-electron chi connectivity index (χ0n) is 15.3. The Bertz CT molecular complexity index is 730. The summed E-state index contributed by atoms with van der Waals surface area (Å²) in [6, 6.07) is 2.57. The molecule has 2 aliphatic heterocycles. The number of rotatable bonds is 4. The van der Waals surface area contributed by atoms with E-state index in [1.165, 1.54) is 55.7 Å². The first-order valence-corrected chi connectivity index (χ1v) is 9.90. The topological polar surface area (TPSA) is 64.2 Å². The van der Waals surface area contributed by atoms with Crippen LogP contribution in [0.1, 0.15) is 29.8 Å². The Morgan fingerprint density at radius 3 is 2.58 bits per heavy atom. The lowest BCUT2D eigenvalue weighted by molar-refractivity contribution is 0.0245. The number of hydrogen-bond acceptors (Lipinski definition) is 6. The fraction of sp³-hybridized carbons (Fsp3) is 0.632. The molecule has 0 saturated carbocycles. The van der Waals surface area contributed by atoms with E-state index in [9.17, 15) is 0 Å². The first kappa shape index (κ1) is 16.2. The summed E-state index contributed by atoms with van der Waals surface area (Å²) in [7, 11) is 0. The molecule has 3 aliphatic rings. The summed E-state index contributed by atoms with van der Waals surface area (Å²) in [5.41, 5.74) is 4.20. The van der Waals surface area contributed by atoms with Gasteiger partial charge in [0.2, 0.25) is 5.95 Å². The highest BCUT2D eigenvalue weighted by Crippen LogP contribution is 2.25. The molecule has 0 amide bonds. The monoisotopic (exact) mass is 353 g/mol. The molecule has 0 atom stereocenters. The zero-order chi connectivity index (χ0) is 17.3. The Balaban J connectivity index is 1.11. The summed E-state index contributed by atoms with van der Waals surface area (Å²) in [6.07, 6.45) is 8.67. The maximum absolute atomic E-state index is 4.60. The average Bonchev–Trinajstić information content (AvgIpc) is 3.08. The minimum Gasteiger partial charge on any atom is -0.338 e. The molecule has 5 rings (SSSR count). The molecule has 7 heteroatoms. The normalized spacial score (nSPS) is 22.2. The average molecular weight is 353 g/mol. The molecule has 0 radical (unpaired) electrons. The van der Waals surface area contributed by atoms with Crippen LogP contribution in [0.4, 0.5) is 5.95 Å². The van der Waals surface area contributed by atoms with Crippen molar-refractivity contribution in [2.45, 2.75) is 38.3 Å². The second-order valence-electron chi connectivity index (χ2n) is 7.75. The molecule has 138 valence electrons. The van der Waals surface area contributed by atoms with Crippen LogP contribution in [0, 0.1) is 0 Å². The van der Waals surface area contributed by atoms with Gasteiger partial charge < -0.3 is 4.90 Å². The van der Waals surface area contributed by atoms with Crippen molar-refractivity contribution >= 4 is 5.95 Å². The molecule has 2 aromatic heterocycles. The van der Waals surface area contributed by atoms with E-state index in [0.29, 0.717) is 6.04 Å². The van der Waals surface area contributed by atoms with Crippen molar-refractivity contribution in [1.82, 2.24) is 30.0 Å². The number of anilines is 1. The third-order valence-electron chi connectivity index (χ3n) is 6.12. The van der Waals surface area contributed by atoms with Crippen LogP contribution in [-0.2, 0) is 19.4 Å². The highest BCUT2D eigenvalue weighted by molar-refractivity contribution is 5.29. The Hall–Kier alpha value is -1.99. The van der Waals surface area contributed by atoms with Crippen molar-refractivity contribution in [3.63, 3.8) is 0 Å². The van der Waals surface area contributed by atoms with Gasteiger partial charge in [-0.25, -0.2) is 9.97 Å². The highest BCUT2D eigenvalue weighted by atomic mass is 15.4. The van der Waals surface area contributed by atoms with Gasteiger partial charge >= 0.3 is 0 Å². The largest absolute Gasteiger partial charge is 0.338 e. The van der Waals surface area contributed by atoms with Gasteiger partial charge in [0.1, 0.15) is 0 Å².